The standard InChI is InChI=1S/C31H25Br2N3O4/c1-39-26-12-6-18-14-20(32)8-10-22(18)24(26)16-30(37)35-28-4-3-5-29(34-28)36-31(38)17-25-23-11-9-21(33)15-19(23)7-13-27(25)40-2/h3-15H,16-17H2,1-2H3,(H2,34,35,36,37,38). The molecule has 0 radical (unpaired) electrons. The summed E-state index contributed by atoms with van der Waals surface area (Å²) in [5.74, 6) is 1.42. The van der Waals surface area contributed by atoms with Gasteiger partial charge in [0.15, 0.2) is 0 Å². The largest absolute Gasteiger partial charge is 0.496 e. The number of hydrogen-bond acceptors (Lipinski definition) is 5. The van der Waals surface area contributed by atoms with Crippen molar-refractivity contribution in [1.29, 1.82) is 0 Å². The molecule has 9 heteroatoms. The number of methoxy groups -OCH3 is 2. The Kier molecular flexibility index (Phi) is 8.32. The Bertz CT molecular complexity index is 1630. The van der Waals surface area contributed by atoms with E-state index in [0.717, 1.165) is 41.6 Å². The maximum atomic E-state index is 13.0. The van der Waals surface area contributed by atoms with Crippen molar-refractivity contribution in [3.63, 3.8) is 0 Å². The van der Waals surface area contributed by atoms with Crippen LogP contribution in [0.2, 0.25) is 0 Å². The van der Waals surface area contributed by atoms with Crippen LogP contribution in [0.4, 0.5) is 11.6 Å². The zero-order valence-electron chi connectivity index (χ0n) is 21.8. The average molecular weight is 663 g/mol. The SMILES string of the molecule is COc1ccc2cc(Br)ccc2c1CC(=O)Nc1cccc(NC(=O)Cc2c(OC)ccc3cc(Br)ccc23)n1. The van der Waals surface area contributed by atoms with Gasteiger partial charge in [-0.15, -0.1) is 0 Å². The van der Waals surface area contributed by atoms with Crippen LogP contribution in [0.5, 0.6) is 11.5 Å². The molecule has 0 aliphatic heterocycles. The molecule has 0 unspecified atom stereocenters. The number of anilines is 2. The Morgan fingerprint density at radius 3 is 1.55 bits per heavy atom. The molecule has 0 saturated carbocycles. The van der Waals surface area contributed by atoms with Crippen LogP contribution in [0.15, 0.2) is 87.8 Å². The fourth-order valence-electron chi connectivity index (χ4n) is 4.71. The van der Waals surface area contributed by atoms with Gasteiger partial charge in [0.1, 0.15) is 23.1 Å². The minimum atomic E-state index is -0.253. The first kappa shape index (κ1) is 27.6. The fourth-order valence-corrected chi connectivity index (χ4v) is 5.46. The van der Waals surface area contributed by atoms with Crippen molar-refractivity contribution in [2.24, 2.45) is 0 Å². The first-order valence-corrected chi connectivity index (χ1v) is 14.0. The summed E-state index contributed by atoms with van der Waals surface area (Å²) in [5.41, 5.74) is 1.57. The van der Waals surface area contributed by atoms with Crippen molar-refractivity contribution in [3.05, 3.63) is 98.9 Å². The second kappa shape index (κ2) is 12.1. The van der Waals surface area contributed by atoms with Crippen LogP contribution in [0.3, 0.4) is 0 Å². The minimum absolute atomic E-state index is 0.0946. The normalized spacial score (nSPS) is 10.9. The topological polar surface area (TPSA) is 89.6 Å². The lowest BCUT2D eigenvalue weighted by Gasteiger charge is -2.14. The Balaban J connectivity index is 1.31. The average Bonchev–Trinajstić information content (AvgIpc) is 2.93. The number of aromatic nitrogens is 1. The van der Waals surface area contributed by atoms with Crippen molar-refractivity contribution in [1.82, 2.24) is 4.98 Å². The molecule has 40 heavy (non-hydrogen) atoms. The number of rotatable bonds is 8. The number of carbonyl (C=O) groups excluding carboxylic acids is 2. The summed E-state index contributed by atoms with van der Waals surface area (Å²) in [6.07, 6.45) is 0.189. The fraction of sp³-hybridized carbons (Fsp3) is 0.129. The molecule has 0 fully saturated rings. The number of nitrogens with one attached hydrogen (secondary N) is 2. The molecule has 0 saturated heterocycles. The van der Waals surface area contributed by atoms with E-state index in [4.69, 9.17) is 9.47 Å². The van der Waals surface area contributed by atoms with E-state index < -0.39 is 0 Å². The second-order valence-electron chi connectivity index (χ2n) is 9.08. The number of fused-ring (bicyclic) bond motifs is 2. The predicted molar refractivity (Wildman–Crippen MR) is 165 cm³/mol. The predicted octanol–water partition coefficient (Wildman–Crippen LogP) is 7.29. The van der Waals surface area contributed by atoms with Crippen LogP contribution in [0.1, 0.15) is 11.1 Å². The Hall–Kier alpha value is -3.95. The van der Waals surface area contributed by atoms with Gasteiger partial charge in [-0.3, -0.25) is 9.59 Å². The highest BCUT2D eigenvalue weighted by Crippen LogP contribution is 2.32. The number of pyridine rings is 1. The lowest BCUT2D eigenvalue weighted by Crippen LogP contribution is -2.18. The van der Waals surface area contributed by atoms with Gasteiger partial charge < -0.3 is 20.1 Å². The molecule has 2 N–H and O–H groups in total. The van der Waals surface area contributed by atoms with Crippen LogP contribution in [0.25, 0.3) is 21.5 Å². The maximum absolute atomic E-state index is 13.0. The molecule has 0 atom stereocenters. The number of carbonyl (C=O) groups is 2. The van der Waals surface area contributed by atoms with Crippen LogP contribution in [-0.4, -0.2) is 31.0 Å². The highest BCUT2D eigenvalue weighted by molar-refractivity contribution is 9.10. The molecule has 1 aromatic heterocycles. The van der Waals surface area contributed by atoms with E-state index in [0.29, 0.717) is 23.1 Å². The third kappa shape index (κ3) is 6.11. The summed E-state index contributed by atoms with van der Waals surface area (Å²) in [6.45, 7) is 0. The molecule has 0 aliphatic carbocycles. The molecule has 0 bridgehead atoms. The molecule has 5 rings (SSSR count). The number of nitrogens with zero attached hydrogens (tertiary/aromatic N) is 1. The Labute approximate surface area is 248 Å². The molecule has 4 aromatic carbocycles. The lowest BCUT2D eigenvalue weighted by molar-refractivity contribution is -0.116. The molecular formula is C31H25Br2N3O4. The molecule has 0 spiro atoms. The summed E-state index contributed by atoms with van der Waals surface area (Å²) < 4.78 is 13.0. The van der Waals surface area contributed by atoms with E-state index in [1.54, 1.807) is 32.4 Å². The summed E-state index contributed by atoms with van der Waals surface area (Å²) in [4.78, 5) is 30.5. The Morgan fingerprint density at radius 1 is 0.675 bits per heavy atom. The molecular weight excluding hydrogens is 638 g/mol. The van der Waals surface area contributed by atoms with Gasteiger partial charge in [0.05, 0.1) is 27.1 Å². The van der Waals surface area contributed by atoms with Crippen molar-refractivity contribution in [3.8, 4) is 11.5 Å². The van der Waals surface area contributed by atoms with Crippen molar-refractivity contribution in [2.75, 3.05) is 24.9 Å². The van der Waals surface area contributed by atoms with Gasteiger partial charge in [-0.2, -0.15) is 0 Å². The molecule has 2 amide bonds. The number of benzene rings is 4. The molecule has 1 heterocycles. The van der Waals surface area contributed by atoms with Crippen LogP contribution >= 0.6 is 31.9 Å². The number of ether oxygens (including phenoxy) is 2. The summed E-state index contributed by atoms with van der Waals surface area (Å²) >= 11 is 6.99. The van der Waals surface area contributed by atoms with Gasteiger partial charge in [0.2, 0.25) is 11.8 Å². The molecule has 7 nitrogen and oxygen atoms in total. The van der Waals surface area contributed by atoms with Gasteiger partial charge in [0, 0.05) is 20.1 Å². The number of hydrogen-bond donors (Lipinski definition) is 2. The van der Waals surface area contributed by atoms with Crippen LogP contribution in [-0.2, 0) is 22.4 Å². The first-order chi connectivity index (χ1) is 19.3. The minimum Gasteiger partial charge on any atom is -0.496 e. The Morgan fingerprint density at radius 2 is 1.12 bits per heavy atom. The lowest BCUT2D eigenvalue weighted by atomic mass is 10.0. The number of amides is 2. The highest BCUT2D eigenvalue weighted by Gasteiger charge is 2.16. The molecule has 5 aromatic rings. The van der Waals surface area contributed by atoms with Crippen molar-refractivity contribution >= 4 is 76.9 Å². The van der Waals surface area contributed by atoms with Gasteiger partial charge in [-0.05, 0) is 70.1 Å². The van der Waals surface area contributed by atoms with Crippen molar-refractivity contribution < 1.29 is 19.1 Å². The van der Waals surface area contributed by atoms with Gasteiger partial charge >= 0.3 is 0 Å². The molecule has 0 aliphatic rings. The third-order valence-electron chi connectivity index (χ3n) is 6.50. The number of halogens is 2. The first-order valence-electron chi connectivity index (χ1n) is 12.4. The van der Waals surface area contributed by atoms with E-state index in [9.17, 15) is 9.59 Å². The summed E-state index contributed by atoms with van der Waals surface area (Å²) in [7, 11) is 3.17. The smallest absolute Gasteiger partial charge is 0.230 e. The van der Waals surface area contributed by atoms with Gasteiger partial charge in [0.25, 0.3) is 0 Å². The quantitative estimate of drug-likeness (QED) is 0.182. The van der Waals surface area contributed by atoms with Crippen LogP contribution in [0, 0.1) is 0 Å². The van der Waals surface area contributed by atoms with Crippen LogP contribution < -0.4 is 20.1 Å². The van der Waals surface area contributed by atoms with E-state index in [2.05, 4.69) is 47.5 Å². The van der Waals surface area contributed by atoms with E-state index in [-0.39, 0.29) is 24.7 Å². The summed E-state index contributed by atoms with van der Waals surface area (Å²) in [5, 5.41) is 9.54. The van der Waals surface area contributed by atoms with Gasteiger partial charge in [-0.25, -0.2) is 4.98 Å². The van der Waals surface area contributed by atoms with E-state index in [1.807, 2.05) is 60.7 Å². The van der Waals surface area contributed by atoms with Gasteiger partial charge in [-0.1, -0.05) is 62.2 Å². The zero-order chi connectivity index (χ0) is 28.2. The maximum Gasteiger partial charge on any atom is 0.230 e. The monoisotopic (exact) mass is 661 g/mol. The second-order valence-corrected chi connectivity index (χ2v) is 10.9. The zero-order valence-corrected chi connectivity index (χ0v) is 24.9. The third-order valence-corrected chi connectivity index (χ3v) is 7.49. The highest BCUT2D eigenvalue weighted by atomic mass is 79.9. The molecule has 202 valence electrons. The van der Waals surface area contributed by atoms with Crippen molar-refractivity contribution in [2.45, 2.75) is 12.8 Å². The van der Waals surface area contributed by atoms with E-state index >= 15 is 0 Å². The summed E-state index contributed by atoms with van der Waals surface area (Å²) in [6, 6.07) is 24.5. The van der Waals surface area contributed by atoms with E-state index in [1.165, 1.54) is 0 Å².